The van der Waals surface area contributed by atoms with Gasteiger partial charge in [-0.25, -0.2) is 4.39 Å². The van der Waals surface area contributed by atoms with Gasteiger partial charge in [-0.15, -0.1) is 0 Å². The van der Waals surface area contributed by atoms with Crippen LogP contribution < -0.4 is 4.74 Å². The van der Waals surface area contributed by atoms with E-state index in [9.17, 15) is 9.18 Å². The first-order chi connectivity index (χ1) is 9.22. The number of carbonyl (C=O) groups excluding carboxylic acids is 1. The number of ether oxygens (including phenoxy) is 2. The van der Waals surface area contributed by atoms with E-state index >= 15 is 0 Å². The topological polar surface area (TPSA) is 35.5 Å². The van der Waals surface area contributed by atoms with Crippen LogP contribution in [-0.2, 0) is 4.74 Å². The van der Waals surface area contributed by atoms with Crippen LogP contribution in [-0.4, -0.2) is 24.6 Å². The fourth-order valence-corrected chi connectivity index (χ4v) is 2.91. The molecule has 0 amide bonds. The number of benzene rings is 1. The maximum Gasteiger partial charge on any atom is 0.165 e. The molecule has 3 rings (SSSR count). The molecule has 4 heteroatoms. The third-order valence-electron chi connectivity index (χ3n) is 4.12. The summed E-state index contributed by atoms with van der Waals surface area (Å²) in [4.78, 5) is 10.9. The van der Waals surface area contributed by atoms with Crippen LogP contribution in [0.3, 0.4) is 0 Å². The summed E-state index contributed by atoms with van der Waals surface area (Å²) < 4.78 is 25.3. The first-order valence-electron chi connectivity index (χ1n) is 6.77. The molecule has 1 spiro atoms. The van der Waals surface area contributed by atoms with Gasteiger partial charge in [0.15, 0.2) is 17.9 Å². The van der Waals surface area contributed by atoms with Gasteiger partial charge in [0.25, 0.3) is 0 Å². The average molecular weight is 264 g/mol. The predicted octanol–water partition coefficient (Wildman–Crippen LogP) is 3.12. The fourth-order valence-electron chi connectivity index (χ4n) is 2.91. The zero-order valence-corrected chi connectivity index (χ0v) is 10.7. The van der Waals surface area contributed by atoms with E-state index in [0.29, 0.717) is 12.9 Å². The standard InChI is InChI=1S/C15H17FO3/c16-13-4-1-3-11(10-17)14(13)19-12-5-8-18-15(9-12)6-2-7-15/h1,3-4,10,12H,2,5-9H2. The van der Waals surface area contributed by atoms with Crippen LogP contribution in [0.1, 0.15) is 42.5 Å². The fraction of sp³-hybridized carbons (Fsp3) is 0.533. The molecule has 1 unspecified atom stereocenters. The van der Waals surface area contributed by atoms with E-state index in [1.54, 1.807) is 6.07 Å². The Kier molecular flexibility index (Phi) is 3.27. The van der Waals surface area contributed by atoms with Crippen LogP contribution in [0.5, 0.6) is 5.75 Å². The number of rotatable bonds is 3. The minimum absolute atomic E-state index is 0.0461. The van der Waals surface area contributed by atoms with Crippen LogP contribution in [0.2, 0.25) is 0 Å². The molecule has 0 N–H and O–H groups in total. The van der Waals surface area contributed by atoms with Gasteiger partial charge in [-0.2, -0.15) is 0 Å². The number of aldehydes is 1. The molecule has 1 atom stereocenters. The van der Waals surface area contributed by atoms with E-state index < -0.39 is 5.82 Å². The van der Waals surface area contributed by atoms with Gasteiger partial charge in [0, 0.05) is 12.8 Å². The van der Waals surface area contributed by atoms with Crippen molar-refractivity contribution in [3.63, 3.8) is 0 Å². The molecule has 1 aromatic rings. The molecule has 1 aliphatic heterocycles. The minimum Gasteiger partial charge on any atom is -0.486 e. The highest BCUT2D eigenvalue weighted by Gasteiger charge is 2.43. The lowest BCUT2D eigenvalue weighted by Gasteiger charge is -2.46. The van der Waals surface area contributed by atoms with E-state index in [1.807, 2.05) is 0 Å². The number of hydrogen-bond acceptors (Lipinski definition) is 3. The summed E-state index contributed by atoms with van der Waals surface area (Å²) in [7, 11) is 0. The Bertz CT molecular complexity index is 482. The zero-order valence-electron chi connectivity index (χ0n) is 10.7. The number of para-hydroxylation sites is 1. The molecule has 0 bridgehead atoms. The molecule has 1 aliphatic carbocycles. The van der Waals surface area contributed by atoms with Crippen molar-refractivity contribution in [1.82, 2.24) is 0 Å². The Labute approximate surface area is 111 Å². The average Bonchev–Trinajstić information content (AvgIpc) is 2.40. The lowest BCUT2D eigenvalue weighted by molar-refractivity contribution is -0.153. The maximum atomic E-state index is 13.8. The molecule has 19 heavy (non-hydrogen) atoms. The number of halogens is 1. The van der Waals surface area contributed by atoms with Gasteiger partial charge < -0.3 is 9.47 Å². The van der Waals surface area contributed by atoms with E-state index in [4.69, 9.17) is 9.47 Å². The van der Waals surface area contributed by atoms with Crippen molar-refractivity contribution in [2.24, 2.45) is 0 Å². The summed E-state index contributed by atoms with van der Waals surface area (Å²) in [6.45, 7) is 0.648. The van der Waals surface area contributed by atoms with Crippen LogP contribution in [0, 0.1) is 5.82 Å². The molecule has 3 nitrogen and oxygen atoms in total. The molecule has 102 valence electrons. The normalized spacial score (nSPS) is 24.8. The molecular formula is C15H17FO3. The number of carbonyl (C=O) groups is 1. The van der Waals surface area contributed by atoms with E-state index in [2.05, 4.69) is 0 Å². The number of hydrogen-bond donors (Lipinski definition) is 0. The van der Waals surface area contributed by atoms with E-state index in [1.165, 1.54) is 18.6 Å². The lowest BCUT2D eigenvalue weighted by atomic mass is 9.74. The van der Waals surface area contributed by atoms with E-state index in [-0.39, 0.29) is 23.0 Å². The van der Waals surface area contributed by atoms with Gasteiger partial charge >= 0.3 is 0 Å². The Morgan fingerprint density at radius 1 is 1.42 bits per heavy atom. The highest BCUT2D eigenvalue weighted by molar-refractivity contribution is 5.79. The van der Waals surface area contributed by atoms with Crippen molar-refractivity contribution in [2.45, 2.75) is 43.8 Å². The van der Waals surface area contributed by atoms with Crippen molar-refractivity contribution >= 4 is 6.29 Å². The highest BCUT2D eigenvalue weighted by Crippen LogP contribution is 2.43. The Hall–Kier alpha value is -1.42. The second kappa shape index (κ2) is 4.93. The van der Waals surface area contributed by atoms with E-state index in [0.717, 1.165) is 25.7 Å². The van der Waals surface area contributed by atoms with Crippen molar-refractivity contribution in [3.8, 4) is 5.75 Å². The molecule has 2 fully saturated rings. The summed E-state index contributed by atoms with van der Waals surface area (Å²) >= 11 is 0. The summed E-state index contributed by atoms with van der Waals surface area (Å²) in [5, 5.41) is 0. The molecule has 0 aromatic heterocycles. The second-order valence-corrected chi connectivity index (χ2v) is 5.39. The quantitative estimate of drug-likeness (QED) is 0.787. The van der Waals surface area contributed by atoms with Gasteiger partial charge in [0.05, 0.1) is 17.8 Å². The third-order valence-corrected chi connectivity index (χ3v) is 4.12. The summed E-state index contributed by atoms with van der Waals surface area (Å²) in [5.74, 6) is -0.391. The molecule has 2 aliphatic rings. The Morgan fingerprint density at radius 2 is 2.26 bits per heavy atom. The molecule has 1 aromatic carbocycles. The molecule has 0 radical (unpaired) electrons. The minimum atomic E-state index is -0.473. The van der Waals surface area contributed by atoms with Crippen LogP contribution in [0.25, 0.3) is 0 Å². The maximum absolute atomic E-state index is 13.8. The van der Waals surface area contributed by atoms with Gasteiger partial charge in [-0.05, 0) is 31.4 Å². The largest absolute Gasteiger partial charge is 0.486 e. The van der Waals surface area contributed by atoms with Crippen LogP contribution in [0.4, 0.5) is 4.39 Å². The molecule has 1 saturated carbocycles. The van der Waals surface area contributed by atoms with Crippen molar-refractivity contribution < 1.29 is 18.7 Å². The van der Waals surface area contributed by atoms with Crippen molar-refractivity contribution in [2.75, 3.05) is 6.61 Å². The van der Waals surface area contributed by atoms with Crippen molar-refractivity contribution in [1.29, 1.82) is 0 Å². The zero-order chi connectivity index (χ0) is 13.3. The smallest absolute Gasteiger partial charge is 0.165 e. The predicted molar refractivity (Wildman–Crippen MR) is 68.0 cm³/mol. The first kappa shape index (κ1) is 12.6. The third kappa shape index (κ3) is 2.37. The second-order valence-electron chi connectivity index (χ2n) is 5.39. The molecule has 1 heterocycles. The van der Waals surface area contributed by atoms with Crippen LogP contribution >= 0.6 is 0 Å². The highest BCUT2D eigenvalue weighted by atomic mass is 19.1. The summed E-state index contributed by atoms with van der Waals surface area (Å²) in [6, 6.07) is 4.41. The van der Waals surface area contributed by atoms with Gasteiger partial charge in [-0.3, -0.25) is 4.79 Å². The summed E-state index contributed by atoms with van der Waals surface area (Å²) in [6.07, 6.45) is 5.41. The van der Waals surface area contributed by atoms with Gasteiger partial charge in [0.2, 0.25) is 0 Å². The molecule has 1 saturated heterocycles. The SMILES string of the molecule is O=Cc1cccc(F)c1OC1CCOC2(CCC2)C1. The van der Waals surface area contributed by atoms with Gasteiger partial charge in [0.1, 0.15) is 6.10 Å². The summed E-state index contributed by atoms with van der Waals surface area (Å²) in [5.41, 5.74) is 0.226. The van der Waals surface area contributed by atoms with Crippen molar-refractivity contribution in [3.05, 3.63) is 29.6 Å². The van der Waals surface area contributed by atoms with Crippen LogP contribution in [0.15, 0.2) is 18.2 Å². The Morgan fingerprint density at radius 3 is 2.95 bits per heavy atom. The first-order valence-corrected chi connectivity index (χ1v) is 6.77. The lowest BCUT2D eigenvalue weighted by Crippen LogP contribution is -2.48. The van der Waals surface area contributed by atoms with Gasteiger partial charge in [-0.1, -0.05) is 6.07 Å². The molecular weight excluding hydrogens is 247 g/mol. The monoisotopic (exact) mass is 264 g/mol. The Balaban J connectivity index is 1.76.